The van der Waals surface area contributed by atoms with Gasteiger partial charge in [0.2, 0.25) is 0 Å². The summed E-state index contributed by atoms with van der Waals surface area (Å²) in [6.45, 7) is 2.52. The van der Waals surface area contributed by atoms with E-state index in [4.69, 9.17) is 16.7 Å². The molecule has 0 atom stereocenters. The molecule has 0 aliphatic rings. The summed E-state index contributed by atoms with van der Waals surface area (Å²) in [5.74, 6) is -0.0946. The molecule has 2 rings (SSSR count). The molecule has 1 aromatic heterocycles. The van der Waals surface area contributed by atoms with Crippen molar-refractivity contribution in [1.29, 1.82) is 0 Å². The number of benzene rings is 1. The van der Waals surface area contributed by atoms with Gasteiger partial charge >= 0.3 is 5.97 Å². The predicted molar refractivity (Wildman–Crippen MR) is 78.3 cm³/mol. The van der Waals surface area contributed by atoms with E-state index in [1.165, 1.54) is 0 Å². The number of aryl methyl sites for hydroxylation is 1. The molecular formula is C13H14ClN3O2S. The summed E-state index contributed by atoms with van der Waals surface area (Å²) in [7, 11) is 0. The van der Waals surface area contributed by atoms with E-state index in [1.54, 1.807) is 0 Å². The maximum absolute atomic E-state index is 10.7. The number of halogens is 1. The lowest BCUT2D eigenvalue weighted by atomic mass is 10.2. The average molecular weight is 312 g/mol. The Hall–Kier alpha value is -1.53. The number of carboxylic acid groups (broad SMARTS) is 1. The molecule has 0 radical (unpaired) electrons. The van der Waals surface area contributed by atoms with Crippen molar-refractivity contribution in [1.82, 2.24) is 14.8 Å². The summed E-state index contributed by atoms with van der Waals surface area (Å²) >= 11 is 7.32. The van der Waals surface area contributed by atoms with Gasteiger partial charge in [-0.2, -0.15) is 0 Å². The number of aromatic nitrogens is 3. The van der Waals surface area contributed by atoms with Crippen LogP contribution in [0.25, 0.3) is 0 Å². The third-order valence-electron chi connectivity index (χ3n) is 2.72. The van der Waals surface area contributed by atoms with Crippen LogP contribution in [0.2, 0.25) is 5.02 Å². The number of rotatable bonds is 6. The van der Waals surface area contributed by atoms with Crippen LogP contribution in [-0.2, 0) is 17.8 Å². The second-order valence-corrected chi connectivity index (χ2v) is 5.46. The van der Waals surface area contributed by atoms with Crippen molar-refractivity contribution in [3.05, 3.63) is 40.7 Å². The number of aliphatic carboxylic acids is 1. The lowest BCUT2D eigenvalue weighted by molar-refractivity contribution is -0.133. The molecule has 0 aliphatic carbocycles. The van der Waals surface area contributed by atoms with Crippen molar-refractivity contribution in [3.8, 4) is 0 Å². The summed E-state index contributed by atoms with van der Waals surface area (Å²) in [5.41, 5.74) is 0.959. The van der Waals surface area contributed by atoms with Gasteiger partial charge in [0, 0.05) is 11.4 Å². The highest BCUT2D eigenvalue weighted by Gasteiger charge is 2.14. The Bertz CT molecular complexity index is 615. The zero-order valence-corrected chi connectivity index (χ0v) is 12.5. The zero-order valence-electron chi connectivity index (χ0n) is 10.9. The van der Waals surface area contributed by atoms with Gasteiger partial charge in [0.1, 0.15) is 5.82 Å². The minimum Gasteiger partial charge on any atom is -0.481 e. The fraction of sp³-hybridized carbons (Fsp3) is 0.308. The van der Waals surface area contributed by atoms with Crippen LogP contribution in [0.5, 0.6) is 0 Å². The molecule has 0 saturated heterocycles. The highest BCUT2D eigenvalue weighted by molar-refractivity contribution is 7.99. The van der Waals surface area contributed by atoms with Crippen LogP contribution in [0.4, 0.5) is 0 Å². The Labute approximate surface area is 126 Å². The second-order valence-electron chi connectivity index (χ2n) is 4.11. The maximum atomic E-state index is 10.7. The third kappa shape index (κ3) is 3.52. The Balaban J connectivity index is 2.27. The van der Waals surface area contributed by atoms with Gasteiger partial charge in [0.25, 0.3) is 0 Å². The Morgan fingerprint density at radius 1 is 1.40 bits per heavy atom. The first-order valence-corrected chi connectivity index (χ1v) is 7.48. The van der Waals surface area contributed by atoms with E-state index < -0.39 is 5.97 Å². The van der Waals surface area contributed by atoms with E-state index in [1.807, 2.05) is 35.8 Å². The lowest BCUT2D eigenvalue weighted by Gasteiger charge is -2.10. The molecular weight excluding hydrogens is 298 g/mol. The van der Waals surface area contributed by atoms with Gasteiger partial charge in [-0.1, -0.05) is 48.5 Å². The average Bonchev–Trinajstić information content (AvgIpc) is 2.81. The molecule has 5 nitrogen and oxygen atoms in total. The van der Waals surface area contributed by atoms with Crippen LogP contribution >= 0.6 is 23.4 Å². The Kier molecular flexibility index (Phi) is 5.03. The molecule has 0 saturated carbocycles. The quantitative estimate of drug-likeness (QED) is 0.831. The van der Waals surface area contributed by atoms with Crippen molar-refractivity contribution in [2.45, 2.75) is 25.0 Å². The van der Waals surface area contributed by atoms with Gasteiger partial charge in [0.05, 0.1) is 12.3 Å². The maximum Gasteiger partial charge on any atom is 0.313 e. The molecule has 0 amide bonds. The summed E-state index contributed by atoms with van der Waals surface area (Å²) in [5, 5.41) is 18.2. The van der Waals surface area contributed by atoms with Crippen molar-refractivity contribution in [3.63, 3.8) is 0 Å². The van der Waals surface area contributed by atoms with Gasteiger partial charge in [0.15, 0.2) is 5.16 Å². The molecule has 0 unspecified atom stereocenters. The molecule has 0 fully saturated rings. The SMILES string of the molecule is CCc1nnc(SCC(=O)O)n1Cc1ccccc1Cl. The molecule has 0 bridgehead atoms. The number of hydrogen-bond donors (Lipinski definition) is 1. The first kappa shape index (κ1) is 14.9. The fourth-order valence-corrected chi connectivity index (χ4v) is 2.64. The summed E-state index contributed by atoms with van der Waals surface area (Å²) in [6.07, 6.45) is 0.727. The summed E-state index contributed by atoms with van der Waals surface area (Å²) in [4.78, 5) is 10.7. The smallest absolute Gasteiger partial charge is 0.313 e. The normalized spacial score (nSPS) is 10.7. The fourth-order valence-electron chi connectivity index (χ4n) is 1.77. The van der Waals surface area contributed by atoms with Crippen molar-refractivity contribution < 1.29 is 9.90 Å². The zero-order chi connectivity index (χ0) is 14.5. The highest BCUT2D eigenvalue weighted by atomic mass is 35.5. The number of carbonyl (C=O) groups is 1. The highest BCUT2D eigenvalue weighted by Crippen LogP contribution is 2.22. The standard InChI is InChI=1S/C13H14ClN3O2S/c1-2-11-15-16-13(20-8-12(18)19)17(11)7-9-5-3-4-6-10(9)14/h3-6H,2,7-8H2,1H3,(H,18,19). The molecule has 7 heteroatoms. The summed E-state index contributed by atoms with van der Waals surface area (Å²) < 4.78 is 1.91. The van der Waals surface area contributed by atoms with Crippen LogP contribution in [0.3, 0.4) is 0 Å². The van der Waals surface area contributed by atoms with Gasteiger partial charge in [-0.15, -0.1) is 10.2 Å². The van der Waals surface area contributed by atoms with Crippen LogP contribution in [-0.4, -0.2) is 31.6 Å². The monoisotopic (exact) mass is 311 g/mol. The Morgan fingerprint density at radius 3 is 2.80 bits per heavy atom. The topological polar surface area (TPSA) is 68.0 Å². The van der Waals surface area contributed by atoms with Gasteiger partial charge in [-0.3, -0.25) is 4.79 Å². The Morgan fingerprint density at radius 2 is 2.15 bits per heavy atom. The van der Waals surface area contributed by atoms with Crippen LogP contribution in [0, 0.1) is 0 Å². The summed E-state index contributed by atoms with van der Waals surface area (Å²) in [6, 6.07) is 7.56. The van der Waals surface area contributed by atoms with E-state index >= 15 is 0 Å². The lowest BCUT2D eigenvalue weighted by Crippen LogP contribution is -2.08. The van der Waals surface area contributed by atoms with Crippen LogP contribution in [0.1, 0.15) is 18.3 Å². The van der Waals surface area contributed by atoms with E-state index in [0.717, 1.165) is 29.6 Å². The first-order valence-electron chi connectivity index (χ1n) is 6.12. The number of thioether (sulfide) groups is 1. The minimum atomic E-state index is -0.875. The van der Waals surface area contributed by atoms with E-state index in [0.29, 0.717) is 16.7 Å². The molecule has 2 aromatic rings. The van der Waals surface area contributed by atoms with Crippen molar-refractivity contribution in [2.24, 2.45) is 0 Å². The molecule has 1 aromatic carbocycles. The number of carboxylic acids is 1. The first-order chi connectivity index (χ1) is 9.61. The molecule has 0 aliphatic heterocycles. The van der Waals surface area contributed by atoms with Gasteiger partial charge in [-0.05, 0) is 11.6 Å². The van der Waals surface area contributed by atoms with E-state index in [9.17, 15) is 4.79 Å². The van der Waals surface area contributed by atoms with Gasteiger partial charge < -0.3 is 9.67 Å². The van der Waals surface area contributed by atoms with Crippen molar-refractivity contribution >= 4 is 29.3 Å². The minimum absolute atomic E-state index is 0.0373. The van der Waals surface area contributed by atoms with Crippen LogP contribution in [0.15, 0.2) is 29.4 Å². The number of hydrogen-bond acceptors (Lipinski definition) is 4. The van der Waals surface area contributed by atoms with Crippen LogP contribution < -0.4 is 0 Å². The molecule has 1 heterocycles. The van der Waals surface area contributed by atoms with Gasteiger partial charge in [-0.25, -0.2) is 0 Å². The molecule has 1 N–H and O–H groups in total. The molecule has 20 heavy (non-hydrogen) atoms. The molecule has 0 spiro atoms. The van der Waals surface area contributed by atoms with Crippen molar-refractivity contribution in [2.75, 3.05) is 5.75 Å². The third-order valence-corrected chi connectivity index (χ3v) is 4.04. The predicted octanol–water partition coefficient (Wildman–Crippen LogP) is 2.72. The number of nitrogens with zero attached hydrogens (tertiary/aromatic N) is 3. The van der Waals surface area contributed by atoms with E-state index in [-0.39, 0.29) is 5.75 Å². The largest absolute Gasteiger partial charge is 0.481 e. The second kappa shape index (κ2) is 6.76. The molecule has 106 valence electrons. The van der Waals surface area contributed by atoms with E-state index in [2.05, 4.69) is 10.2 Å².